The molecule has 0 atom stereocenters. The Morgan fingerprint density at radius 1 is 1.04 bits per heavy atom. The van der Waals surface area contributed by atoms with Crippen molar-refractivity contribution in [2.24, 2.45) is 0 Å². The SMILES string of the molecule is FC(F)(F)SNc1ccc(-c2csc(-c3ccnc4ccccc34)n2)c(Cl)c1. The summed E-state index contributed by atoms with van der Waals surface area (Å²) in [6.07, 6.45) is 1.74. The lowest BCUT2D eigenvalue weighted by Crippen LogP contribution is -2.04. The molecule has 9 heteroatoms. The molecule has 0 radical (unpaired) electrons. The van der Waals surface area contributed by atoms with Crippen LogP contribution < -0.4 is 4.72 Å². The zero-order chi connectivity index (χ0) is 19.7. The van der Waals surface area contributed by atoms with Crippen LogP contribution in [0.3, 0.4) is 0 Å². The summed E-state index contributed by atoms with van der Waals surface area (Å²) in [4.78, 5) is 9.03. The van der Waals surface area contributed by atoms with E-state index >= 15 is 0 Å². The van der Waals surface area contributed by atoms with Gasteiger partial charge in [0.2, 0.25) is 0 Å². The van der Waals surface area contributed by atoms with Crippen molar-refractivity contribution in [1.29, 1.82) is 0 Å². The van der Waals surface area contributed by atoms with Crippen molar-refractivity contribution in [3.05, 3.63) is 65.1 Å². The van der Waals surface area contributed by atoms with Gasteiger partial charge in [0.05, 0.1) is 28.2 Å². The number of aromatic nitrogens is 2. The highest BCUT2D eigenvalue weighted by Gasteiger charge is 2.29. The van der Waals surface area contributed by atoms with Crippen molar-refractivity contribution >= 4 is 51.5 Å². The molecule has 2 aromatic carbocycles. The number of hydrogen-bond acceptors (Lipinski definition) is 5. The Hall–Kier alpha value is -2.29. The Kier molecular flexibility index (Phi) is 5.18. The van der Waals surface area contributed by atoms with E-state index in [2.05, 4.69) is 14.7 Å². The topological polar surface area (TPSA) is 37.8 Å². The number of nitrogens with one attached hydrogen (secondary N) is 1. The minimum Gasteiger partial charge on any atom is -0.323 e. The first kappa shape index (κ1) is 19.0. The lowest BCUT2D eigenvalue weighted by molar-refractivity contribution is -0.0323. The molecule has 28 heavy (non-hydrogen) atoms. The zero-order valence-corrected chi connectivity index (χ0v) is 16.4. The van der Waals surface area contributed by atoms with Gasteiger partial charge in [0.15, 0.2) is 0 Å². The molecule has 0 aliphatic rings. The van der Waals surface area contributed by atoms with Gasteiger partial charge in [-0.3, -0.25) is 4.98 Å². The van der Waals surface area contributed by atoms with E-state index in [9.17, 15) is 13.2 Å². The van der Waals surface area contributed by atoms with Crippen LogP contribution in [0.2, 0.25) is 5.02 Å². The lowest BCUT2D eigenvalue weighted by atomic mass is 10.1. The second-order valence-electron chi connectivity index (χ2n) is 5.76. The maximum Gasteiger partial charge on any atom is 0.461 e. The molecule has 0 spiro atoms. The monoisotopic (exact) mass is 437 g/mol. The highest BCUT2D eigenvalue weighted by molar-refractivity contribution is 8.01. The Bertz CT molecular complexity index is 1140. The number of hydrogen-bond donors (Lipinski definition) is 1. The highest BCUT2D eigenvalue weighted by atomic mass is 35.5. The van der Waals surface area contributed by atoms with Gasteiger partial charge in [-0.15, -0.1) is 11.3 Å². The van der Waals surface area contributed by atoms with Crippen LogP contribution in [0, 0.1) is 0 Å². The fraction of sp³-hybridized carbons (Fsp3) is 0.0526. The van der Waals surface area contributed by atoms with Gasteiger partial charge in [0.25, 0.3) is 0 Å². The molecular weight excluding hydrogens is 427 g/mol. The molecule has 4 aromatic rings. The van der Waals surface area contributed by atoms with Crippen molar-refractivity contribution in [3.63, 3.8) is 0 Å². The lowest BCUT2D eigenvalue weighted by Gasteiger charge is -2.09. The number of nitrogens with zero attached hydrogens (tertiary/aromatic N) is 2. The van der Waals surface area contributed by atoms with Crippen molar-refractivity contribution in [2.75, 3.05) is 4.72 Å². The summed E-state index contributed by atoms with van der Waals surface area (Å²) in [6.45, 7) is 0. The molecule has 0 unspecified atom stereocenters. The molecule has 3 nitrogen and oxygen atoms in total. The van der Waals surface area contributed by atoms with Gasteiger partial charge in [-0.05, 0) is 30.3 Å². The van der Waals surface area contributed by atoms with Crippen molar-refractivity contribution in [1.82, 2.24) is 9.97 Å². The molecule has 0 saturated heterocycles. The number of halogens is 4. The first-order chi connectivity index (χ1) is 13.4. The number of anilines is 1. The summed E-state index contributed by atoms with van der Waals surface area (Å²) in [5.41, 5.74) is -0.926. The molecule has 0 fully saturated rings. The third kappa shape index (κ3) is 4.09. The van der Waals surface area contributed by atoms with E-state index in [0.29, 0.717) is 16.3 Å². The van der Waals surface area contributed by atoms with Crippen LogP contribution in [0.25, 0.3) is 32.7 Å². The van der Waals surface area contributed by atoms with E-state index in [1.807, 2.05) is 35.7 Å². The van der Waals surface area contributed by atoms with Crippen LogP contribution >= 0.6 is 34.9 Å². The van der Waals surface area contributed by atoms with Gasteiger partial charge in [-0.2, -0.15) is 13.2 Å². The van der Waals surface area contributed by atoms with Gasteiger partial charge in [-0.25, -0.2) is 4.98 Å². The largest absolute Gasteiger partial charge is 0.461 e. The Morgan fingerprint density at radius 3 is 2.64 bits per heavy atom. The highest BCUT2D eigenvalue weighted by Crippen LogP contribution is 2.37. The second-order valence-corrected chi connectivity index (χ2v) is 7.89. The summed E-state index contributed by atoms with van der Waals surface area (Å²) in [5, 5.41) is 4.02. The molecule has 2 heterocycles. The van der Waals surface area contributed by atoms with E-state index in [4.69, 9.17) is 11.6 Å². The van der Waals surface area contributed by atoms with E-state index in [-0.39, 0.29) is 17.6 Å². The maximum atomic E-state index is 12.3. The number of rotatable bonds is 4. The normalized spacial score (nSPS) is 11.7. The number of pyridine rings is 1. The Morgan fingerprint density at radius 2 is 1.86 bits per heavy atom. The fourth-order valence-corrected chi connectivity index (χ4v) is 4.20. The van der Waals surface area contributed by atoms with Gasteiger partial charge < -0.3 is 4.72 Å². The van der Waals surface area contributed by atoms with E-state index < -0.39 is 5.51 Å². The zero-order valence-electron chi connectivity index (χ0n) is 14.0. The van der Waals surface area contributed by atoms with Crippen molar-refractivity contribution < 1.29 is 13.2 Å². The molecule has 0 saturated carbocycles. The maximum absolute atomic E-state index is 12.3. The van der Waals surface area contributed by atoms with Crippen LogP contribution in [-0.4, -0.2) is 15.5 Å². The molecule has 142 valence electrons. The molecule has 0 aliphatic carbocycles. The van der Waals surface area contributed by atoms with Crippen LogP contribution in [0.15, 0.2) is 60.1 Å². The summed E-state index contributed by atoms with van der Waals surface area (Å²) in [6, 6.07) is 14.4. The predicted octanol–water partition coefficient (Wildman–Crippen LogP) is 7.26. The third-order valence-corrected chi connectivity index (χ3v) is 5.67. The van der Waals surface area contributed by atoms with Crippen molar-refractivity contribution in [3.8, 4) is 21.8 Å². The number of alkyl halides is 3. The summed E-state index contributed by atoms with van der Waals surface area (Å²) in [7, 11) is 0. The molecule has 0 bridgehead atoms. The Labute approximate surface area is 171 Å². The van der Waals surface area contributed by atoms with E-state index in [1.54, 1.807) is 18.3 Å². The van der Waals surface area contributed by atoms with E-state index in [0.717, 1.165) is 21.5 Å². The van der Waals surface area contributed by atoms with Crippen LogP contribution in [0.4, 0.5) is 18.9 Å². The van der Waals surface area contributed by atoms with Crippen LogP contribution in [0.1, 0.15) is 0 Å². The first-order valence-electron chi connectivity index (χ1n) is 8.01. The molecule has 2 aromatic heterocycles. The quantitative estimate of drug-likeness (QED) is 0.341. The predicted molar refractivity (Wildman–Crippen MR) is 111 cm³/mol. The number of thiazole rings is 1. The summed E-state index contributed by atoms with van der Waals surface area (Å²) in [5.74, 6) is 0. The average molecular weight is 438 g/mol. The van der Waals surface area contributed by atoms with Gasteiger partial charge >= 0.3 is 5.51 Å². The third-order valence-electron chi connectivity index (χ3n) is 3.91. The van der Waals surface area contributed by atoms with Crippen molar-refractivity contribution in [2.45, 2.75) is 5.51 Å². The van der Waals surface area contributed by atoms with Crippen LogP contribution in [0.5, 0.6) is 0 Å². The minimum atomic E-state index is -4.37. The van der Waals surface area contributed by atoms with E-state index in [1.165, 1.54) is 17.4 Å². The summed E-state index contributed by atoms with van der Waals surface area (Å²) < 4.78 is 39.2. The minimum absolute atomic E-state index is 0.270. The first-order valence-corrected chi connectivity index (χ1v) is 10.1. The average Bonchev–Trinajstić information content (AvgIpc) is 3.15. The number of benzene rings is 2. The smallest absolute Gasteiger partial charge is 0.323 e. The second kappa shape index (κ2) is 7.62. The molecule has 0 aliphatic heterocycles. The van der Waals surface area contributed by atoms with Gasteiger partial charge in [0.1, 0.15) is 5.01 Å². The van der Waals surface area contributed by atoms with Crippen LogP contribution in [-0.2, 0) is 0 Å². The fourth-order valence-electron chi connectivity index (χ4n) is 2.71. The number of para-hydroxylation sites is 1. The molecular formula is C19H11ClF3N3S2. The molecule has 1 N–H and O–H groups in total. The van der Waals surface area contributed by atoms with Gasteiger partial charge in [0, 0.05) is 33.8 Å². The number of fused-ring (bicyclic) bond motifs is 1. The standard InChI is InChI=1S/C19H11ClF3N3S2/c20-15-9-11(26-28-19(21,22)23)5-6-14(15)17-10-27-18(25-17)13-7-8-24-16-4-2-1-3-12(13)16/h1-10,26H. The molecule has 4 rings (SSSR count). The molecule has 0 amide bonds. The summed E-state index contributed by atoms with van der Waals surface area (Å²) >= 11 is 7.43. The van der Waals surface area contributed by atoms with Gasteiger partial charge in [-0.1, -0.05) is 29.8 Å². The Balaban J connectivity index is 1.64.